The smallest absolute Gasteiger partial charge is 0.242 e. The molecule has 0 aliphatic carbocycles. The second-order valence-corrected chi connectivity index (χ2v) is 6.28. The quantitative estimate of drug-likeness (QED) is 0.831. The van der Waals surface area contributed by atoms with E-state index in [0.29, 0.717) is 12.1 Å². The van der Waals surface area contributed by atoms with E-state index in [2.05, 4.69) is 9.82 Å². The van der Waals surface area contributed by atoms with E-state index in [1.165, 1.54) is 12.1 Å². The fourth-order valence-electron chi connectivity index (χ4n) is 1.69. The van der Waals surface area contributed by atoms with Gasteiger partial charge >= 0.3 is 0 Å². The highest BCUT2D eigenvalue weighted by molar-refractivity contribution is 7.89. The highest BCUT2D eigenvalue weighted by Crippen LogP contribution is 2.22. The molecule has 108 valence electrons. The van der Waals surface area contributed by atoms with Crippen LogP contribution in [0.15, 0.2) is 41.6 Å². The lowest BCUT2D eigenvalue weighted by Gasteiger charge is -2.09. The maximum atomic E-state index is 12.2. The second kappa shape index (κ2) is 6.36. The van der Waals surface area contributed by atoms with E-state index in [4.69, 9.17) is 17.3 Å². The zero-order valence-corrected chi connectivity index (χ0v) is 12.2. The fourth-order valence-corrected chi connectivity index (χ4v) is 3.25. The van der Waals surface area contributed by atoms with Crippen LogP contribution >= 0.6 is 11.6 Å². The zero-order chi connectivity index (χ0) is 14.6. The van der Waals surface area contributed by atoms with Crippen LogP contribution in [0.3, 0.4) is 0 Å². The van der Waals surface area contributed by atoms with E-state index < -0.39 is 10.0 Å². The van der Waals surface area contributed by atoms with Crippen molar-refractivity contribution in [1.29, 1.82) is 0 Å². The lowest BCUT2D eigenvalue weighted by atomic mass is 10.2. The van der Waals surface area contributed by atoms with Gasteiger partial charge in [-0.3, -0.25) is 4.68 Å². The molecule has 3 N–H and O–H groups in total. The monoisotopic (exact) mass is 314 g/mol. The first-order valence-corrected chi connectivity index (χ1v) is 7.84. The van der Waals surface area contributed by atoms with Crippen molar-refractivity contribution in [3.63, 3.8) is 0 Å². The highest BCUT2D eigenvalue weighted by atomic mass is 35.5. The van der Waals surface area contributed by atoms with Gasteiger partial charge in [0.05, 0.1) is 11.6 Å². The average Bonchev–Trinajstić information content (AvgIpc) is 2.92. The summed E-state index contributed by atoms with van der Waals surface area (Å²) in [7, 11) is -3.66. The number of aromatic nitrogens is 2. The molecular weight excluding hydrogens is 300 g/mol. The first kappa shape index (κ1) is 15.0. The Morgan fingerprint density at radius 1 is 1.40 bits per heavy atom. The maximum absolute atomic E-state index is 12.2. The third-order valence-corrected chi connectivity index (χ3v) is 4.66. The summed E-state index contributed by atoms with van der Waals surface area (Å²) in [5.41, 5.74) is 6.22. The molecule has 0 saturated carbocycles. The van der Waals surface area contributed by atoms with Crippen molar-refractivity contribution in [3.05, 3.63) is 47.2 Å². The Balaban J connectivity index is 2.09. The van der Waals surface area contributed by atoms with Gasteiger partial charge in [-0.15, -0.1) is 0 Å². The summed E-state index contributed by atoms with van der Waals surface area (Å²) in [6, 6.07) is 6.49. The van der Waals surface area contributed by atoms with Crippen molar-refractivity contribution < 1.29 is 8.42 Å². The van der Waals surface area contributed by atoms with Gasteiger partial charge in [-0.25, -0.2) is 13.1 Å². The predicted octanol–water partition coefficient (Wildman–Crippen LogP) is 0.974. The van der Waals surface area contributed by atoms with Gasteiger partial charge in [-0.05, 0) is 23.8 Å². The van der Waals surface area contributed by atoms with Crippen molar-refractivity contribution >= 4 is 21.6 Å². The van der Waals surface area contributed by atoms with E-state index in [-0.39, 0.29) is 23.0 Å². The zero-order valence-electron chi connectivity index (χ0n) is 10.7. The SMILES string of the molecule is NCc1ccc(Cl)c(S(=O)(=O)NCCn2cccn2)c1. The summed E-state index contributed by atoms with van der Waals surface area (Å²) < 4.78 is 28.5. The summed E-state index contributed by atoms with van der Waals surface area (Å²) in [4.78, 5) is 0.0441. The Labute approximate surface area is 122 Å². The molecule has 0 amide bonds. The number of nitrogens with zero attached hydrogens (tertiary/aromatic N) is 2. The van der Waals surface area contributed by atoms with Crippen LogP contribution in [0.5, 0.6) is 0 Å². The van der Waals surface area contributed by atoms with Crippen molar-refractivity contribution in [1.82, 2.24) is 14.5 Å². The second-order valence-electron chi connectivity index (χ2n) is 4.14. The summed E-state index contributed by atoms with van der Waals surface area (Å²) >= 11 is 5.94. The van der Waals surface area contributed by atoms with Crippen LogP contribution in [0.2, 0.25) is 5.02 Å². The van der Waals surface area contributed by atoms with Crippen LogP contribution in [0, 0.1) is 0 Å². The van der Waals surface area contributed by atoms with Gasteiger partial charge in [-0.2, -0.15) is 5.10 Å². The molecule has 2 aromatic rings. The summed E-state index contributed by atoms with van der Waals surface area (Å²) in [6.45, 7) is 0.931. The number of nitrogens with two attached hydrogens (primary N) is 1. The molecule has 0 atom stereocenters. The Hall–Kier alpha value is -1.41. The maximum Gasteiger partial charge on any atom is 0.242 e. The Morgan fingerprint density at radius 2 is 2.20 bits per heavy atom. The van der Waals surface area contributed by atoms with Crippen molar-refractivity contribution in [2.45, 2.75) is 18.0 Å². The predicted molar refractivity (Wildman–Crippen MR) is 76.8 cm³/mol. The first-order chi connectivity index (χ1) is 9.53. The molecule has 2 rings (SSSR count). The van der Waals surface area contributed by atoms with Gasteiger partial charge in [-0.1, -0.05) is 17.7 Å². The van der Waals surface area contributed by atoms with Crippen molar-refractivity contribution in [3.8, 4) is 0 Å². The normalized spacial score (nSPS) is 11.7. The number of hydrogen-bond donors (Lipinski definition) is 2. The number of sulfonamides is 1. The average molecular weight is 315 g/mol. The minimum absolute atomic E-state index is 0.0441. The molecule has 0 spiro atoms. The molecule has 8 heteroatoms. The third kappa shape index (κ3) is 3.57. The van der Waals surface area contributed by atoms with Crippen LogP contribution in [0.1, 0.15) is 5.56 Å². The Bertz CT molecular complexity index is 671. The van der Waals surface area contributed by atoms with Crippen LogP contribution in [0.25, 0.3) is 0 Å². The Kier molecular flexibility index (Phi) is 4.77. The van der Waals surface area contributed by atoms with E-state index in [1.807, 2.05) is 0 Å². The number of nitrogens with one attached hydrogen (secondary N) is 1. The van der Waals surface area contributed by atoms with E-state index in [9.17, 15) is 8.42 Å². The van der Waals surface area contributed by atoms with E-state index in [0.717, 1.165) is 0 Å². The summed E-state index contributed by atoms with van der Waals surface area (Å²) in [6.07, 6.45) is 3.40. The topological polar surface area (TPSA) is 90.0 Å². The van der Waals surface area contributed by atoms with Gasteiger partial charge < -0.3 is 5.73 Å². The minimum Gasteiger partial charge on any atom is -0.326 e. The molecule has 0 radical (unpaired) electrons. The lowest BCUT2D eigenvalue weighted by molar-refractivity contribution is 0.561. The molecule has 0 bridgehead atoms. The lowest BCUT2D eigenvalue weighted by Crippen LogP contribution is -2.28. The molecule has 6 nitrogen and oxygen atoms in total. The van der Waals surface area contributed by atoms with Gasteiger partial charge in [0.15, 0.2) is 0 Å². The largest absolute Gasteiger partial charge is 0.326 e. The molecule has 20 heavy (non-hydrogen) atoms. The van der Waals surface area contributed by atoms with Gasteiger partial charge in [0.2, 0.25) is 10.0 Å². The van der Waals surface area contributed by atoms with Crippen LogP contribution in [-0.4, -0.2) is 24.7 Å². The van der Waals surface area contributed by atoms with Gasteiger partial charge in [0.1, 0.15) is 4.90 Å². The van der Waals surface area contributed by atoms with E-state index >= 15 is 0 Å². The van der Waals surface area contributed by atoms with Gasteiger partial charge in [0.25, 0.3) is 0 Å². The summed E-state index contributed by atoms with van der Waals surface area (Å²) in [5, 5.41) is 4.17. The third-order valence-electron chi connectivity index (χ3n) is 2.71. The molecule has 1 aromatic carbocycles. The van der Waals surface area contributed by atoms with Crippen LogP contribution in [-0.2, 0) is 23.1 Å². The number of benzene rings is 1. The van der Waals surface area contributed by atoms with Gasteiger partial charge in [0, 0.05) is 25.5 Å². The molecule has 0 unspecified atom stereocenters. The summed E-state index contributed by atoms with van der Waals surface area (Å²) in [5.74, 6) is 0. The molecule has 1 aromatic heterocycles. The van der Waals surface area contributed by atoms with Crippen molar-refractivity contribution in [2.24, 2.45) is 5.73 Å². The molecule has 0 fully saturated rings. The molecular formula is C12H15ClN4O2S. The molecule has 1 heterocycles. The fraction of sp³-hybridized carbons (Fsp3) is 0.250. The standard InChI is InChI=1S/C12H15ClN4O2S/c13-11-3-2-10(9-14)8-12(11)20(18,19)16-5-7-17-6-1-4-15-17/h1-4,6,8,16H,5,7,9,14H2. The molecule has 0 aliphatic heterocycles. The number of rotatable bonds is 6. The number of halogens is 1. The molecule has 0 aliphatic rings. The van der Waals surface area contributed by atoms with E-state index in [1.54, 1.807) is 29.2 Å². The first-order valence-electron chi connectivity index (χ1n) is 5.98. The van der Waals surface area contributed by atoms with Crippen LogP contribution < -0.4 is 10.5 Å². The minimum atomic E-state index is -3.66. The number of hydrogen-bond acceptors (Lipinski definition) is 4. The Morgan fingerprint density at radius 3 is 2.85 bits per heavy atom. The van der Waals surface area contributed by atoms with Crippen LogP contribution in [0.4, 0.5) is 0 Å². The van der Waals surface area contributed by atoms with Crippen molar-refractivity contribution in [2.75, 3.05) is 6.54 Å². The highest BCUT2D eigenvalue weighted by Gasteiger charge is 2.17. The molecule has 0 saturated heterocycles.